The van der Waals surface area contributed by atoms with Gasteiger partial charge in [0.05, 0.1) is 19.3 Å². The maximum Gasteiger partial charge on any atom is 0.180 e. The molecular formula is C6H14O4. The zero-order valence-electron chi connectivity index (χ0n) is 6.28. The molecule has 2 atom stereocenters. The lowest BCUT2D eigenvalue weighted by atomic mass is 10.4. The van der Waals surface area contributed by atoms with E-state index in [0.717, 1.165) is 0 Å². The zero-order chi connectivity index (χ0) is 7.98. The van der Waals surface area contributed by atoms with Crippen molar-refractivity contribution in [2.24, 2.45) is 0 Å². The van der Waals surface area contributed by atoms with E-state index in [9.17, 15) is 0 Å². The summed E-state index contributed by atoms with van der Waals surface area (Å²) >= 11 is 0. The Morgan fingerprint density at radius 3 is 2.20 bits per heavy atom. The van der Waals surface area contributed by atoms with Gasteiger partial charge >= 0.3 is 0 Å². The third kappa shape index (κ3) is 3.79. The Balaban J connectivity index is 3.41. The summed E-state index contributed by atoms with van der Waals surface area (Å²) < 4.78 is 9.66. The number of rotatable bonds is 5. The number of ether oxygens (including phenoxy) is 2. The summed E-state index contributed by atoms with van der Waals surface area (Å²) in [4.78, 5) is 0. The van der Waals surface area contributed by atoms with E-state index in [-0.39, 0.29) is 19.3 Å². The Morgan fingerprint density at radius 2 is 1.90 bits per heavy atom. The Kier molecular flexibility index (Phi) is 5.52. The molecule has 4 heteroatoms. The van der Waals surface area contributed by atoms with Crippen molar-refractivity contribution < 1.29 is 19.7 Å². The maximum absolute atomic E-state index is 8.54. The van der Waals surface area contributed by atoms with Crippen LogP contribution in [-0.4, -0.2) is 42.9 Å². The first kappa shape index (κ1) is 9.84. The van der Waals surface area contributed by atoms with E-state index in [2.05, 4.69) is 4.74 Å². The number of methoxy groups -OCH3 is 1. The van der Waals surface area contributed by atoms with Gasteiger partial charge in [0.15, 0.2) is 6.29 Å². The lowest BCUT2D eigenvalue weighted by Gasteiger charge is -2.17. The minimum Gasteiger partial charge on any atom is -0.394 e. The van der Waals surface area contributed by atoms with Crippen molar-refractivity contribution in [2.45, 2.75) is 19.3 Å². The fourth-order valence-electron chi connectivity index (χ4n) is 0.475. The van der Waals surface area contributed by atoms with E-state index in [1.54, 1.807) is 6.92 Å². The molecule has 0 amide bonds. The molecular weight excluding hydrogens is 136 g/mol. The van der Waals surface area contributed by atoms with Gasteiger partial charge in [-0.1, -0.05) is 0 Å². The first-order chi connectivity index (χ1) is 4.74. The highest BCUT2D eigenvalue weighted by molar-refractivity contribution is 4.47. The summed E-state index contributed by atoms with van der Waals surface area (Å²) in [6.07, 6.45) is -0.917. The van der Waals surface area contributed by atoms with Crippen LogP contribution in [0.1, 0.15) is 6.92 Å². The second kappa shape index (κ2) is 5.61. The van der Waals surface area contributed by atoms with Crippen LogP contribution in [0, 0.1) is 0 Å². The van der Waals surface area contributed by atoms with Crippen LogP contribution in [0.3, 0.4) is 0 Å². The van der Waals surface area contributed by atoms with Crippen molar-refractivity contribution >= 4 is 0 Å². The summed E-state index contributed by atoms with van der Waals surface area (Å²) in [5.41, 5.74) is 0. The van der Waals surface area contributed by atoms with E-state index in [1.807, 2.05) is 0 Å². The van der Waals surface area contributed by atoms with Gasteiger partial charge in [-0.3, -0.25) is 0 Å². The van der Waals surface area contributed by atoms with Crippen molar-refractivity contribution in [3.8, 4) is 0 Å². The Hall–Kier alpha value is -0.160. The molecule has 10 heavy (non-hydrogen) atoms. The van der Waals surface area contributed by atoms with Crippen LogP contribution in [0.15, 0.2) is 0 Å². The summed E-state index contributed by atoms with van der Waals surface area (Å²) in [7, 11) is 1.44. The van der Waals surface area contributed by atoms with Crippen LogP contribution in [-0.2, 0) is 9.47 Å². The van der Waals surface area contributed by atoms with E-state index in [4.69, 9.17) is 14.9 Å². The van der Waals surface area contributed by atoms with Gasteiger partial charge in [0, 0.05) is 7.11 Å². The van der Waals surface area contributed by atoms with Crippen molar-refractivity contribution in [1.29, 1.82) is 0 Å². The van der Waals surface area contributed by atoms with Crippen LogP contribution in [0.4, 0.5) is 0 Å². The van der Waals surface area contributed by atoms with Crippen molar-refractivity contribution in [3.63, 3.8) is 0 Å². The summed E-state index contributed by atoms with van der Waals surface area (Å²) in [5, 5.41) is 17.1. The molecule has 0 heterocycles. The topological polar surface area (TPSA) is 58.9 Å². The Labute approximate surface area is 60.4 Å². The highest BCUT2D eigenvalue weighted by atomic mass is 16.7. The minimum atomic E-state index is -0.623. The standard InChI is InChI=1S/C6H14O4/c1-5(3-7)10-6(4-8)9-2/h5-8H,3-4H2,1-2H3. The molecule has 0 rings (SSSR count). The van der Waals surface area contributed by atoms with Crippen LogP contribution >= 0.6 is 0 Å². The third-order valence-corrected chi connectivity index (χ3v) is 1.05. The van der Waals surface area contributed by atoms with Gasteiger partial charge in [-0.15, -0.1) is 0 Å². The van der Waals surface area contributed by atoms with Crippen LogP contribution in [0.5, 0.6) is 0 Å². The molecule has 2 unspecified atom stereocenters. The molecule has 0 aliphatic rings. The smallest absolute Gasteiger partial charge is 0.180 e. The van der Waals surface area contributed by atoms with Gasteiger partial charge in [-0.05, 0) is 6.92 Å². The van der Waals surface area contributed by atoms with Crippen molar-refractivity contribution in [2.75, 3.05) is 20.3 Å². The highest BCUT2D eigenvalue weighted by Gasteiger charge is 2.09. The predicted molar refractivity (Wildman–Crippen MR) is 35.5 cm³/mol. The third-order valence-electron chi connectivity index (χ3n) is 1.05. The quantitative estimate of drug-likeness (QED) is 0.511. The van der Waals surface area contributed by atoms with Gasteiger partial charge in [-0.25, -0.2) is 0 Å². The molecule has 0 saturated heterocycles. The van der Waals surface area contributed by atoms with Crippen LogP contribution < -0.4 is 0 Å². The summed E-state index contributed by atoms with van der Waals surface area (Å²) in [5.74, 6) is 0. The summed E-state index contributed by atoms with van der Waals surface area (Å²) in [6.45, 7) is 1.43. The molecule has 0 aromatic rings. The molecule has 0 spiro atoms. The molecule has 0 aromatic carbocycles. The van der Waals surface area contributed by atoms with E-state index in [0.29, 0.717) is 0 Å². The van der Waals surface area contributed by atoms with Gasteiger partial charge in [0.1, 0.15) is 0 Å². The zero-order valence-corrected chi connectivity index (χ0v) is 6.28. The SMILES string of the molecule is COC(CO)OC(C)CO. The van der Waals surface area contributed by atoms with Crippen LogP contribution in [0.25, 0.3) is 0 Å². The fourth-order valence-corrected chi connectivity index (χ4v) is 0.475. The van der Waals surface area contributed by atoms with Crippen molar-refractivity contribution in [3.05, 3.63) is 0 Å². The van der Waals surface area contributed by atoms with Crippen LogP contribution in [0.2, 0.25) is 0 Å². The maximum atomic E-state index is 8.54. The molecule has 0 saturated carbocycles. The molecule has 0 aromatic heterocycles. The van der Waals surface area contributed by atoms with Crippen molar-refractivity contribution in [1.82, 2.24) is 0 Å². The first-order valence-corrected chi connectivity index (χ1v) is 3.14. The monoisotopic (exact) mass is 150 g/mol. The molecule has 0 radical (unpaired) electrons. The predicted octanol–water partition coefficient (Wildman–Crippen LogP) is -0.651. The lowest BCUT2D eigenvalue weighted by molar-refractivity contribution is -0.176. The number of aliphatic hydroxyl groups is 2. The number of hydrogen-bond acceptors (Lipinski definition) is 4. The van der Waals surface area contributed by atoms with Gasteiger partial charge in [0.2, 0.25) is 0 Å². The fraction of sp³-hybridized carbons (Fsp3) is 1.00. The Bertz CT molecular complexity index is 72.1. The van der Waals surface area contributed by atoms with Gasteiger partial charge < -0.3 is 19.7 Å². The largest absolute Gasteiger partial charge is 0.394 e. The van der Waals surface area contributed by atoms with E-state index >= 15 is 0 Å². The second-order valence-electron chi connectivity index (χ2n) is 1.98. The lowest BCUT2D eigenvalue weighted by Crippen LogP contribution is -2.26. The molecule has 2 N–H and O–H groups in total. The van der Waals surface area contributed by atoms with Gasteiger partial charge in [-0.2, -0.15) is 0 Å². The average molecular weight is 150 g/mol. The van der Waals surface area contributed by atoms with Gasteiger partial charge in [0.25, 0.3) is 0 Å². The molecule has 0 fully saturated rings. The molecule has 0 aliphatic carbocycles. The normalized spacial score (nSPS) is 16.8. The number of hydrogen-bond donors (Lipinski definition) is 2. The molecule has 4 nitrogen and oxygen atoms in total. The first-order valence-electron chi connectivity index (χ1n) is 3.14. The minimum absolute atomic E-state index is 0.0696. The Morgan fingerprint density at radius 1 is 1.30 bits per heavy atom. The highest BCUT2D eigenvalue weighted by Crippen LogP contribution is 1.96. The molecule has 62 valence electrons. The van der Waals surface area contributed by atoms with E-state index in [1.165, 1.54) is 7.11 Å². The molecule has 0 bridgehead atoms. The van der Waals surface area contributed by atoms with E-state index < -0.39 is 6.29 Å². The average Bonchev–Trinajstić information content (AvgIpc) is 1.99. The molecule has 0 aliphatic heterocycles. The number of aliphatic hydroxyl groups excluding tert-OH is 2. The summed E-state index contributed by atoms with van der Waals surface area (Å²) in [6, 6.07) is 0. The second-order valence-corrected chi connectivity index (χ2v) is 1.98.